The summed E-state index contributed by atoms with van der Waals surface area (Å²) in [7, 11) is 1.67. The Labute approximate surface area is 283 Å². The SMILES string of the molecule is CCCC(NC(=O)OC(C)(C)C)C(=O)N(C)C(CC(O)c1nc(C(=O)NC(Cc2ccccc2)CC(C)C(=O)OCC)cs1)C(C)C. The number of aliphatic hydroxyl groups is 1. The van der Waals surface area contributed by atoms with Gasteiger partial charge in [-0.3, -0.25) is 14.4 Å². The van der Waals surface area contributed by atoms with Crippen LogP contribution < -0.4 is 10.6 Å². The first-order chi connectivity index (χ1) is 22.1. The fraction of sp³-hybridized carbons (Fsp3) is 0.629. The normalized spacial score (nSPS) is 14.8. The van der Waals surface area contributed by atoms with Crippen LogP contribution in [0.2, 0.25) is 0 Å². The highest BCUT2D eigenvalue weighted by molar-refractivity contribution is 7.09. The molecule has 11 nitrogen and oxygen atoms in total. The number of carbonyl (C=O) groups excluding carboxylic acids is 4. The number of rotatable bonds is 17. The number of aromatic nitrogens is 1. The number of hydrogen-bond acceptors (Lipinski definition) is 9. The van der Waals surface area contributed by atoms with Gasteiger partial charge in [-0.25, -0.2) is 9.78 Å². The van der Waals surface area contributed by atoms with E-state index in [1.54, 1.807) is 51.9 Å². The van der Waals surface area contributed by atoms with Crippen LogP contribution >= 0.6 is 11.3 Å². The predicted molar refractivity (Wildman–Crippen MR) is 183 cm³/mol. The van der Waals surface area contributed by atoms with Gasteiger partial charge in [-0.1, -0.05) is 64.4 Å². The van der Waals surface area contributed by atoms with Gasteiger partial charge in [-0.05, 0) is 58.4 Å². The molecule has 12 heteroatoms. The van der Waals surface area contributed by atoms with Crippen molar-refractivity contribution in [3.8, 4) is 0 Å². The number of carbonyl (C=O) groups is 4. The number of nitrogens with one attached hydrogen (secondary N) is 2. The van der Waals surface area contributed by atoms with Crippen LogP contribution in [0.15, 0.2) is 35.7 Å². The van der Waals surface area contributed by atoms with Gasteiger partial charge < -0.3 is 30.1 Å². The van der Waals surface area contributed by atoms with Crippen LogP contribution in [0.4, 0.5) is 4.79 Å². The van der Waals surface area contributed by atoms with Gasteiger partial charge in [-0.2, -0.15) is 0 Å². The summed E-state index contributed by atoms with van der Waals surface area (Å²) in [5.74, 6) is -1.43. The number of alkyl carbamates (subject to hydrolysis) is 1. The van der Waals surface area contributed by atoms with E-state index in [1.165, 1.54) is 11.3 Å². The fourth-order valence-electron chi connectivity index (χ4n) is 5.32. The lowest BCUT2D eigenvalue weighted by Gasteiger charge is -2.35. The molecule has 2 aromatic rings. The Balaban J connectivity index is 2.15. The van der Waals surface area contributed by atoms with E-state index in [4.69, 9.17) is 9.47 Å². The summed E-state index contributed by atoms with van der Waals surface area (Å²) >= 11 is 1.17. The minimum Gasteiger partial charge on any atom is -0.466 e. The Morgan fingerprint density at radius 1 is 1.02 bits per heavy atom. The number of aliphatic hydroxyl groups excluding tert-OH is 1. The van der Waals surface area contributed by atoms with Crippen LogP contribution in [0.25, 0.3) is 0 Å². The summed E-state index contributed by atoms with van der Waals surface area (Å²) in [6, 6.07) is 8.20. The Morgan fingerprint density at radius 2 is 1.68 bits per heavy atom. The lowest BCUT2D eigenvalue weighted by atomic mass is 9.95. The largest absolute Gasteiger partial charge is 0.466 e. The van der Waals surface area contributed by atoms with Crippen molar-refractivity contribution >= 4 is 35.2 Å². The second-order valence-electron chi connectivity index (χ2n) is 13.3. The van der Waals surface area contributed by atoms with Crippen molar-refractivity contribution in [1.82, 2.24) is 20.5 Å². The van der Waals surface area contributed by atoms with E-state index >= 15 is 0 Å². The molecule has 3 amide bonds. The first-order valence-corrected chi connectivity index (χ1v) is 17.3. The Hall–Kier alpha value is -3.51. The molecule has 0 aliphatic heterocycles. The molecule has 0 spiro atoms. The topological polar surface area (TPSA) is 147 Å². The van der Waals surface area contributed by atoms with Gasteiger partial charge in [0.1, 0.15) is 28.4 Å². The summed E-state index contributed by atoms with van der Waals surface area (Å²) in [5.41, 5.74) is 0.485. The lowest BCUT2D eigenvalue weighted by molar-refractivity contribution is -0.147. The maximum atomic E-state index is 13.6. The lowest BCUT2D eigenvalue weighted by Crippen LogP contribution is -2.52. The highest BCUT2D eigenvalue weighted by atomic mass is 32.1. The average Bonchev–Trinajstić information content (AvgIpc) is 3.49. The Morgan fingerprint density at radius 3 is 2.26 bits per heavy atom. The van der Waals surface area contributed by atoms with Crippen LogP contribution in [0.3, 0.4) is 0 Å². The molecule has 0 bridgehead atoms. The minimum absolute atomic E-state index is 0.0229. The molecule has 3 N–H and O–H groups in total. The molecule has 1 aromatic carbocycles. The fourth-order valence-corrected chi connectivity index (χ4v) is 6.11. The second-order valence-corrected chi connectivity index (χ2v) is 14.2. The highest BCUT2D eigenvalue weighted by Crippen LogP contribution is 2.28. The maximum absolute atomic E-state index is 13.6. The molecule has 0 saturated heterocycles. The zero-order valence-corrected chi connectivity index (χ0v) is 30.2. The van der Waals surface area contributed by atoms with Gasteiger partial charge >= 0.3 is 12.1 Å². The summed E-state index contributed by atoms with van der Waals surface area (Å²) < 4.78 is 10.5. The number of hydrogen-bond donors (Lipinski definition) is 3. The Kier molecular flexibility index (Phi) is 15.8. The second kappa shape index (κ2) is 18.7. The van der Waals surface area contributed by atoms with E-state index in [-0.39, 0.29) is 48.6 Å². The van der Waals surface area contributed by atoms with Crippen molar-refractivity contribution in [2.45, 2.75) is 117 Å². The molecule has 2 rings (SSSR count). The maximum Gasteiger partial charge on any atom is 0.408 e. The molecule has 262 valence electrons. The van der Waals surface area contributed by atoms with Crippen LogP contribution in [-0.4, -0.2) is 76.2 Å². The highest BCUT2D eigenvalue weighted by Gasteiger charge is 2.33. The van der Waals surface area contributed by atoms with Crippen molar-refractivity contribution in [1.29, 1.82) is 0 Å². The van der Waals surface area contributed by atoms with Crippen molar-refractivity contribution in [3.63, 3.8) is 0 Å². The van der Waals surface area contributed by atoms with Crippen molar-refractivity contribution < 1.29 is 33.8 Å². The molecular weight excluding hydrogens is 620 g/mol. The Bertz CT molecular complexity index is 1290. The molecule has 0 aliphatic rings. The molecule has 0 fully saturated rings. The van der Waals surface area contributed by atoms with E-state index in [9.17, 15) is 24.3 Å². The number of likely N-dealkylation sites (N-methyl/N-ethyl adjacent to an activating group) is 1. The zero-order chi connectivity index (χ0) is 35.3. The quantitative estimate of drug-likeness (QED) is 0.182. The summed E-state index contributed by atoms with van der Waals surface area (Å²) in [4.78, 5) is 57.7. The van der Waals surface area contributed by atoms with Crippen molar-refractivity contribution in [3.05, 3.63) is 52.0 Å². The van der Waals surface area contributed by atoms with Gasteiger partial charge in [0.25, 0.3) is 5.91 Å². The zero-order valence-electron chi connectivity index (χ0n) is 29.4. The molecule has 5 atom stereocenters. The van der Waals surface area contributed by atoms with Crippen LogP contribution in [-0.2, 0) is 25.5 Å². The summed E-state index contributed by atoms with van der Waals surface area (Å²) in [6.07, 6.45) is 0.515. The predicted octanol–water partition coefficient (Wildman–Crippen LogP) is 5.67. The third-order valence-electron chi connectivity index (χ3n) is 7.67. The number of benzene rings is 1. The first kappa shape index (κ1) is 39.7. The van der Waals surface area contributed by atoms with Crippen molar-refractivity contribution in [2.24, 2.45) is 11.8 Å². The van der Waals surface area contributed by atoms with Gasteiger partial charge in [0.2, 0.25) is 5.91 Å². The van der Waals surface area contributed by atoms with E-state index in [0.29, 0.717) is 30.7 Å². The van der Waals surface area contributed by atoms with Gasteiger partial charge in [0.05, 0.1) is 12.5 Å². The number of thiazole rings is 1. The van der Waals surface area contributed by atoms with E-state index in [0.717, 1.165) is 5.56 Å². The van der Waals surface area contributed by atoms with E-state index in [1.807, 2.05) is 51.1 Å². The number of nitrogens with zero attached hydrogens (tertiary/aromatic N) is 2. The summed E-state index contributed by atoms with van der Waals surface area (Å²) in [5, 5.41) is 18.9. The van der Waals surface area contributed by atoms with Crippen LogP contribution in [0, 0.1) is 11.8 Å². The standard InChI is InChI=1S/C35H54N4O7S/c1-10-15-26(38-34(44)46-35(6,7)8)32(42)39(9)28(22(3)4)20-29(40)31-37-27(21-47-31)30(41)36-25(18-23(5)33(43)45-11-2)19-24-16-13-12-14-17-24/h12-14,16-17,21-23,25-26,28-29,40H,10-11,15,18-20H2,1-9H3,(H,36,41)(H,38,44). The average molecular weight is 675 g/mol. The smallest absolute Gasteiger partial charge is 0.408 e. The van der Waals surface area contributed by atoms with Gasteiger partial charge in [0.15, 0.2) is 0 Å². The van der Waals surface area contributed by atoms with E-state index in [2.05, 4.69) is 15.6 Å². The molecule has 1 aromatic heterocycles. The number of ether oxygens (including phenoxy) is 2. The molecule has 47 heavy (non-hydrogen) atoms. The molecular formula is C35H54N4O7S. The molecule has 1 heterocycles. The van der Waals surface area contributed by atoms with Gasteiger partial charge in [-0.15, -0.1) is 11.3 Å². The van der Waals surface area contributed by atoms with Crippen LogP contribution in [0.1, 0.15) is 108 Å². The summed E-state index contributed by atoms with van der Waals surface area (Å²) in [6.45, 7) is 15.0. The van der Waals surface area contributed by atoms with Crippen LogP contribution in [0.5, 0.6) is 0 Å². The third-order valence-corrected chi connectivity index (χ3v) is 8.62. The third kappa shape index (κ3) is 13.3. The van der Waals surface area contributed by atoms with E-state index < -0.39 is 35.7 Å². The molecule has 5 unspecified atom stereocenters. The molecule has 0 aliphatic carbocycles. The molecule has 0 saturated carbocycles. The van der Waals surface area contributed by atoms with Crippen molar-refractivity contribution in [2.75, 3.05) is 13.7 Å². The number of amides is 3. The number of esters is 1. The minimum atomic E-state index is -1.03. The molecule has 0 radical (unpaired) electrons. The first-order valence-electron chi connectivity index (χ1n) is 16.5. The monoisotopic (exact) mass is 674 g/mol. The van der Waals surface area contributed by atoms with Gasteiger partial charge in [0, 0.05) is 30.9 Å².